The molecular weight excluding hydrogens is 316 g/mol. The standard InChI is InChI=1S/C18H22N6O/c1-13-16-17(23(2)22-13)20-12-21-18(16)24-8-4-6-15(10-24)25-11-14-5-3-7-19-9-14/h3,5,7,9,12,15H,4,6,8,10-11H2,1-2H3/t15-/m0/s1. The molecule has 1 atom stereocenters. The SMILES string of the molecule is Cc1nn(C)c2ncnc(N3CCC[C@H](OCc4cccnc4)C3)c12. The summed E-state index contributed by atoms with van der Waals surface area (Å²) in [6, 6.07) is 3.98. The number of aryl methyl sites for hydroxylation is 2. The monoisotopic (exact) mass is 338 g/mol. The van der Waals surface area contributed by atoms with E-state index in [1.807, 2.05) is 37.0 Å². The molecule has 7 nitrogen and oxygen atoms in total. The summed E-state index contributed by atoms with van der Waals surface area (Å²) in [6.07, 6.45) is 7.60. The van der Waals surface area contributed by atoms with Crippen molar-refractivity contribution in [3.05, 3.63) is 42.1 Å². The van der Waals surface area contributed by atoms with Crippen molar-refractivity contribution in [2.45, 2.75) is 32.5 Å². The Kier molecular flexibility index (Phi) is 4.31. The van der Waals surface area contributed by atoms with E-state index in [0.29, 0.717) is 6.61 Å². The van der Waals surface area contributed by atoms with E-state index in [1.165, 1.54) is 0 Å². The second kappa shape index (κ2) is 6.76. The van der Waals surface area contributed by atoms with E-state index in [-0.39, 0.29) is 6.10 Å². The van der Waals surface area contributed by atoms with Crippen LogP contribution >= 0.6 is 0 Å². The summed E-state index contributed by atoms with van der Waals surface area (Å²) in [5.74, 6) is 0.963. The van der Waals surface area contributed by atoms with E-state index in [1.54, 1.807) is 12.5 Å². The number of nitrogens with zero attached hydrogens (tertiary/aromatic N) is 6. The van der Waals surface area contributed by atoms with Gasteiger partial charge in [-0.15, -0.1) is 0 Å². The van der Waals surface area contributed by atoms with Crippen LogP contribution in [0, 0.1) is 6.92 Å². The number of hydrogen-bond acceptors (Lipinski definition) is 6. The van der Waals surface area contributed by atoms with Crippen molar-refractivity contribution in [1.29, 1.82) is 0 Å². The van der Waals surface area contributed by atoms with Gasteiger partial charge in [-0.25, -0.2) is 9.97 Å². The molecule has 0 aromatic carbocycles. The molecular formula is C18H22N6O. The van der Waals surface area contributed by atoms with Gasteiger partial charge in [-0.05, 0) is 31.4 Å². The van der Waals surface area contributed by atoms with Crippen molar-refractivity contribution in [3.63, 3.8) is 0 Å². The fraction of sp³-hybridized carbons (Fsp3) is 0.444. The lowest BCUT2D eigenvalue weighted by atomic mass is 10.1. The van der Waals surface area contributed by atoms with Crippen molar-refractivity contribution < 1.29 is 4.74 Å². The molecule has 1 aliphatic heterocycles. The van der Waals surface area contributed by atoms with Gasteiger partial charge in [0.2, 0.25) is 0 Å². The van der Waals surface area contributed by atoms with Gasteiger partial charge in [-0.1, -0.05) is 6.07 Å². The molecule has 3 aromatic rings. The minimum Gasteiger partial charge on any atom is -0.372 e. The van der Waals surface area contributed by atoms with E-state index in [4.69, 9.17) is 4.74 Å². The Balaban J connectivity index is 1.52. The first-order valence-corrected chi connectivity index (χ1v) is 8.62. The van der Waals surface area contributed by atoms with E-state index in [9.17, 15) is 0 Å². The molecule has 130 valence electrons. The van der Waals surface area contributed by atoms with Crippen LogP contribution in [-0.4, -0.2) is 43.9 Å². The van der Waals surface area contributed by atoms with Crippen LogP contribution in [-0.2, 0) is 18.4 Å². The summed E-state index contributed by atoms with van der Waals surface area (Å²) < 4.78 is 7.94. The lowest BCUT2D eigenvalue weighted by Crippen LogP contribution is -2.40. The summed E-state index contributed by atoms with van der Waals surface area (Å²) in [4.78, 5) is 15.4. The third kappa shape index (κ3) is 3.19. The van der Waals surface area contributed by atoms with Crippen molar-refractivity contribution >= 4 is 16.9 Å². The molecule has 0 N–H and O–H groups in total. The molecule has 1 saturated heterocycles. The average molecular weight is 338 g/mol. The molecule has 25 heavy (non-hydrogen) atoms. The highest BCUT2D eigenvalue weighted by molar-refractivity contribution is 5.89. The number of ether oxygens (including phenoxy) is 1. The van der Waals surface area contributed by atoms with Gasteiger partial charge < -0.3 is 9.64 Å². The second-order valence-corrected chi connectivity index (χ2v) is 6.49. The average Bonchev–Trinajstić information content (AvgIpc) is 2.95. The lowest BCUT2D eigenvalue weighted by molar-refractivity contribution is 0.0313. The van der Waals surface area contributed by atoms with Gasteiger partial charge in [0.05, 0.1) is 23.8 Å². The minimum atomic E-state index is 0.191. The summed E-state index contributed by atoms with van der Waals surface area (Å²) in [7, 11) is 1.92. The molecule has 1 aliphatic rings. The predicted molar refractivity (Wildman–Crippen MR) is 95.3 cm³/mol. The highest BCUT2D eigenvalue weighted by Gasteiger charge is 2.24. The van der Waals surface area contributed by atoms with Gasteiger partial charge in [0.1, 0.15) is 12.1 Å². The number of pyridine rings is 1. The molecule has 3 aromatic heterocycles. The Morgan fingerprint density at radius 3 is 3.08 bits per heavy atom. The fourth-order valence-electron chi connectivity index (χ4n) is 3.46. The summed E-state index contributed by atoms with van der Waals surface area (Å²) >= 11 is 0. The van der Waals surface area contributed by atoms with E-state index in [2.05, 4.69) is 25.0 Å². The molecule has 4 heterocycles. The van der Waals surface area contributed by atoms with Crippen molar-refractivity contribution in [2.24, 2.45) is 7.05 Å². The number of hydrogen-bond donors (Lipinski definition) is 0. The summed E-state index contributed by atoms with van der Waals surface area (Å²) in [5, 5.41) is 5.53. The first kappa shape index (κ1) is 16.0. The molecule has 0 bridgehead atoms. The molecule has 0 unspecified atom stereocenters. The van der Waals surface area contributed by atoms with Crippen LogP contribution < -0.4 is 4.90 Å². The van der Waals surface area contributed by atoms with E-state index < -0.39 is 0 Å². The van der Waals surface area contributed by atoms with Gasteiger partial charge in [-0.2, -0.15) is 5.10 Å². The zero-order chi connectivity index (χ0) is 17.2. The van der Waals surface area contributed by atoms with E-state index in [0.717, 1.165) is 54.0 Å². The fourth-order valence-corrected chi connectivity index (χ4v) is 3.46. The Hall–Kier alpha value is -2.54. The smallest absolute Gasteiger partial charge is 0.163 e. The number of aromatic nitrogens is 5. The molecule has 0 radical (unpaired) electrons. The van der Waals surface area contributed by atoms with Gasteiger partial charge in [0, 0.05) is 32.5 Å². The number of rotatable bonds is 4. The number of anilines is 1. The quantitative estimate of drug-likeness (QED) is 0.727. The lowest BCUT2D eigenvalue weighted by Gasteiger charge is -2.33. The van der Waals surface area contributed by atoms with Crippen LogP contribution in [0.5, 0.6) is 0 Å². The first-order chi connectivity index (χ1) is 12.2. The zero-order valence-electron chi connectivity index (χ0n) is 14.6. The highest BCUT2D eigenvalue weighted by Crippen LogP contribution is 2.28. The predicted octanol–water partition coefficient (Wildman–Crippen LogP) is 2.25. The van der Waals surface area contributed by atoms with E-state index >= 15 is 0 Å². The van der Waals surface area contributed by atoms with Gasteiger partial charge >= 0.3 is 0 Å². The van der Waals surface area contributed by atoms with Crippen LogP contribution in [0.3, 0.4) is 0 Å². The molecule has 0 amide bonds. The third-order valence-electron chi connectivity index (χ3n) is 4.66. The maximum absolute atomic E-state index is 6.12. The Bertz CT molecular complexity index is 863. The Morgan fingerprint density at radius 1 is 1.32 bits per heavy atom. The Morgan fingerprint density at radius 2 is 2.24 bits per heavy atom. The highest BCUT2D eigenvalue weighted by atomic mass is 16.5. The van der Waals surface area contributed by atoms with Crippen LogP contribution in [0.1, 0.15) is 24.1 Å². The Labute approximate surface area is 146 Å². The van der Waals surface area contributed by atoms with Crippen LogP contribution in [0.25, 0.3) is 11.0 Å². The maximum atomic E-state index is 6.12. The molecule has 1 fully saturated rings. The molecule has 0 spiro atoms. The maximum Gasteiger partial charge on any atom is 0.163 e. The second-order valence-electron chi connectivity index (χ2n) is 6.49. The minimum absolute atomic E-state index is 0.191. The molecule has 4 rings (SSSR count). The molecule has 0 saturated carbocycles. The van der Waals surface area contributed by atoms with Crippen LogP contribution in [0.4, 0.5) is 5.82 Å². The largest absolute Gasteiger partial charge is 0.372 e. The number of fused-ring (bicyclic) bond motifs is 1. The summed E-state index contributed by atoms with van der Waals surface area (Å²) in [5.41, 5.74) is 2.94. The normalized spacial score (nSPS) is 18.0. The molecule has 7 heteroatoms. The van der Waals surface area contributed by atoms with Gasteiger partial charge in [-0.3, -0.25) is 9.67 Å². The van der Waals surface area contributed by atoms with Crippen molar-refractivity contribution in [1.82, 2.24) is 24.7 Å². The van der Waals surface area contributed by atoms with Crippen LogP contribution in [0.2, 0.25) is 0 Å². The first-order valence-electron chi connectivity index (χ1n) is 8.62. The number of piperidine rings is 1. The summed E-state index contributed by atoms with van der Waals surface area (Å²) in [6.45, 7) is 4.42. The third-order valence-corrected chi connectivity index (χ3v) is 4.66. The van der Waals surface area contributed by atoms with Crippen molar-refractivity contribution in [3.8, 4) is 0 Å². The van der Waals surface area contributed by atoms with Gasteiger partial charge in [0.25, 0.3) is 0 Å². The molecule has 0 aliphatic carbocycles. The topological polar surface area (TPSA) is 69.0 Å². The van der Waals surface area contributed by atoms with Gasteiger partial charge in [0.15, 0.2) is 5.65 Å². The van der Waals surface area contributed by atoms with Crippen molar-refractivity contribution in [2.75, 3.05) is 18.0 Å². The zero-order valence-corrected chi connectivity index (χ0v) is 14.6. The van der Waals surface area contributed by atoms with Crippen LogP contribution in [0.15, 0.2) is 30.9 Å².